The van der Waals surface area contributed by atoms with E-state index < -0.39 is 16.7 Å². The second-order valence-corrected chi connectivity index (χ2v) is 4.03. The fraction of sp³-hybridized carbons (Fsp3) is 0.333. The predicted molar refractivity (Wildman–Crippen MR) is 66.4 cm³/mol. The molecule has 0 spiro atoms. The number of amides is 2. The van der Waals surface area contributed by atoms with Gasteiger partial charge in [-0.25, -0.2) is 4.90 Å². The highest BCUT2D eigenvalue weighted by molar-refractivity contribution is 6.15. The zero-order valence-electron chi connectivity index (χ0n) is 10.7. The molecule has 0 radical (unpaired) electrons. The van der Waals surface area contributed by atoms with Gasteiger partial charge in [0.1, 0.15) is 5.69 Å². The molecular weight excluding hydrogens is 236 g/mol. The molecule has 0 bridgehead atoms. The average molecular weight is 250 g/mol. The van der Waals surface area contributed by atoms with Crippen LogP contribution < -0.4 is 4.90 Å². The Morgan fingerprint density at radius 1 is 1.11 bits per heavy atom. The summed E-state index contributed by atoms with van der Waals surface area (Å²) in [4.78, 5) is 34.4. The zero-order valence-corrected chi connectivity index (χ0v) is 10.7. The lowest BCUT2D eigenvalue weighted by Gasteiger charge is -2.20. The van der Waals surface area contributed by atoms with Gasteiger partial charge in [-0.1, -0.05) is 12.1 Å². The summed E-state index contributed by atoms with van der Waals surface area (Å²) >= 11 is 0. The molecule has 1 aromatic carbocycles. The topological polar surface area (TPSA) is 80.5 Å². The number of nitro groups is 1. The normalized spacial score (nSPS) is 10.0. The molecule has 0 aliphatic rings. The number of carbonyl (C=O) groups is 2. The van der Waals surface area contributed by atoms with E-state index in [0.717, 1.165) is 4.90 Å². The predicted octanol–water partition coefficient (Wildman–Crippen LogP) is 2.11. The minimum absolute atomic E-state index is 0.0556. The van der Waals surface area contributed by atoms with Crippen molar-refractivity contribution in [2.75, 3.05) is 4.90 Å². The maximum absolute atomic E-state index is 11.5. The number of carbonyl (C=O) groups excluding carboxylic acids is 2. The molecule has 2 amide bonds. The lowest BCUT2D eigenvalue weighted by molar-refractivity contribution is -0.384. The van der Waals surface area contributed by atoms with Crippen molar-refractivity contribution in [3.63, 3.8) is 0 Å². The van der Waals surface area contributed by atoms with E-state index in [1.807, 2.05) is 0 Å². The van der Waals surface area contributed by atoms with E-state index in [1.165, 1.54) is 13.8 Å². The van der Waals surface area contributed by atoms with E-state index in [2.05, 4.69) is 0 Å². The van der Waals surface area contributed by atoms with Crippen LogP contribution in [-0.2, 0) is 9.59 Å². The van der Waals surface area contributed by atoms with Gasteiger partial charge in [0.2, 0.25) is 11.8 Å². The van der Waals surface area contributed by atoms with Gasteiger partial charge in [-0.15, -0.1) is 0 Å². The van der Waals surface area contributed by atoms with Crippen molar-refractivity contribution >= 4 is 23.2 Å². The van der Waals surface area contributed by atoms with Crippen molar-refractivity contribution in [3.8, 4) is 0 Å². The van der Waals surface area contributed by atoms with Gasteiger partial charge < -0.3 is 0 Å². The van der Waals surface area contributed by atoms with Crippen LogP contribution in [0.3, 0.4) is 0 Å². The Kier molecular flexibility index (Phi) is 3.80. The van der Waals surface area contributed by atoms with E-state index >= 15 is 0 Å². The first kappa shape index (κ1) is 13.8. The third-order valence-corrected chi connectivity index (χ3v) is 2.59. The van der Waals surface area contributed by atoms with Crippen molar-refractivity contribution < 1.29 is 14.5 Å². The molecule has 0 heterocycles. The molecular formula is C12H14N2O4. The monoisotopic (exact) mass is 250 g/mol. The molecule has 6 nitrogen and oxygen atoms in total. The van der Waals surface area contributed by atoms with Crippen LogP contribution in [0.1, 0.15) is 25.0 Å². The molecule has 0 N–H and O–H groups in total. The number of aryl methyl sites for hydroxylation is 2. The molecule has 0 atom stereocenters. The molecule has 0 saturated heterocycles. The molecule has 0 aliphatic carbocycles. The number of imide groups is 1. The van der Waals surface area contributed by atoms with Crippen molar-refractivity contribution in [3.05, 3.63) is 33.4 Å². The van der Waals surface area contributed by atoms with Crippen LogP contribution in [0.25, 0.3) is 0 Å². The fourth-order valence-electron chi connectivity index (χ4n) is 1.83. The Hall–Kier alpha value is -2.24. The van der Waals surface area contributed by atoms with E-state index in [4.69, 9.17) is 0 Å². The van der Waals surface area contributed by atoms with Crippen LogP contribution in [0.4, 0.5) is 11.4 Å². The van der Waals surface area contributed by atoms with E-state index in [-0.39, 0.29) is 11.4 Å². The van der Waals surface area contributed by atoms with Gasteiger partial charge >= 0.3 is 0 Å². The van der Waals surface area contributed by atoms with Crippen LogP contribution in [0.2, 0.25) is 0 Å². The molecule has 1 aromatic rings. The largest absolute Gasteiger partial charge is 0.296 e. The molecule has 0 saturated carbocycles. The van der Waals surface area contributed by atoms with Crippen molar-refractivity contribution in [1.82, 2.24) is 0 Å². The van der Waals surface area contributed by atoms with E-state index in [9.17, 15) is 19.7 Å². The quantitative estimate of drug-likeness (QED) is 0.594. The van der Waals surface area contributed by atoms with Crippen LogP contribution in [0.5, 0.6) is 0 Å². The Morgan fingerprint density at radius 3 is 1.94 bits per heavy atom. The summed E-state index contributed by atoms with van der Waals surface area (Å²) in [5.41, 5.74) is 0.770. The van der Waals surface area contributed by atoms with E-state index in [0.29, 0.717) is 11.1 Å². The number of nitro benzene ring substituents is 1. The second-order valence-electron chi connectivity index (χ2n) is 4.03. The van der Waals surface area contributed by atoms with Gasteiger partial charge in [0, 0.05) is 19.4 Å². The highest BCUT2D eigenvalue weighted by Crippen LogP contribution is 2.35. The summed E-state index contributed by atoms with van der Waals surface area (Å²) in [5.74, 6) is -1.08. The maximum Gasteiger partial charge on any atom is 0.296 e. The number of nitrogens with zero attached hydrogens (tertiary/aromatic N) is 2. The summed E-state index contributed by atoms with van der Waals surface area (Å²) < 4.78 is 0. The first-order valence-corrected chi connectivity index (χ1v) is 5.33. The number of hydrogen-bond acceptors (Lipinski definition) is 4. The van der Waals surface area contributed by atoms with Gasteiger partial charge in [-0.05, 0) is 19.4 Å². The average Bonchev–Trinajstić information content (AvgIpc) is 2.21. The molecule has 0 unspecified atom stereocenters. The third-order valence-electron chi connectivity index (χ3n) is 2.59. The fourth-order valence-corrected chi connectivity index (χ4v) is 1.83. The Balaban J connectivity index is 3.65. The van der Waals surface area contributed by atoms with Crippen molar-refractivity contribution in [2.45, 2.75) is 27.7 Å². The number of benzene rings is 1. The molecule has 1 rings (SSSR count). The van der Waals surface area contributed by atoms with Crippen LogP contribution >= 0.6 is 0 Å². The third kappa shape index (κ3) is 2.37. The number of rotatable bonds is 2. The van der Waals surface area contributed by atoms with Crippen LogP contribution in [0.15, 0.2) is 12.1 Å². The van der Waals surface area contributed by atoms with Crippen molar-refractivity contribution in [1.29, 1.82) is 0 Å². The Bertz CT molecular complexity index is 523. The van der Waals surface area contributed by atoms with Crippen LogP contribution in [0, 0.1) is 24.0 Å². The summed E-state index contributed by atoms with van der Waals surface area (Å²) in [6.07, 6.45) is 0. The van der Waals surface area contributed by atoms with Gasteiger partial charge in [0.25, 0.3) is 5.69 Å². The van der Waals surface area contributed by atoms with Crippen molar-refractivity contribution in [2.24, 2.45) is 0 Å². The summed E-state index contributed by atoms with van der Waals surface area (Å²) in [6.45, 7) is 5.60. The van der Waals surface area contributed by atoms with Gasteiger partial charge in [-0.2, -0.15) is 0 Å². The molecule has 96 valence electrons. The zero-order chi connectivity index (χ0) is 14.0. The maximum atomic E-state index is 11.5. The summed E-state index contributed by atoms with van der Waals surface area (Å²) in [7, 11) is 0. The van der Waals surface area contributed by atoms with E-state index in [1.54, 1.807) is 26.0 Å². The first-order chi connectivity index (χ1) is 8.27. The summed E-state index contributed by atoms with van der Waals surface area (Å²) in [6, 6.07) is 3.24. The smallest absolute Gasteiger partial charge is 0.274 e. The van der Waals surface area contributed by atoms with Gasteiger partial charge in [0.15, 0.2) is 0 Å². The SMILES string of the molecule is CC(=O)N(C(C)=O)c1c(C)ccc(C)c1[N+](=O)[O-]. The Labute approximate surface area is 104 Å². The van der Waals surface area contributed by atoms with Gasteiger partial charge in [-0.3, -0.25) is 19.7 Å². The minimum Gasteiger partial charge on any atom is -0.274 e. The highest BCUT2D eigenvalue weighted by atomic mass is 16.6. The first-order valence-electron chi connectivity index (χ1n) is 5.33. The minimum atomic E-state index is -0.573. The molecule has 6 heteroatoms. The number of hydrogen-bond donors (Lipinski definition) is 0. The molecule has 18 heavy (non-hydrogen) atoms. The molecule has 0 fully saturated rings. The molecule has 0 aromatic heterocycles. The highest BCUT2D eigenvalue weighted by Gasteiger charge is 2.29. The van der Waals surface area contributed by atoms with Gasteiger partial charge in [0.05, 0.1) is 4.92 Å². The lowest BCUT2D eigenvalue weighted by Crippen LogP contribution is -2.34. The molecule has 0 aliphatic heterocycles. The lowest BCUT2D eigenvalue weighted by atomic mass is 10.1. The van der Waals surface area contributed by atoms with Crippen LogP contribution in [-0.4, -0.2) is 16.7 Å². The second kappa shape index (κ2) is 4.95. The standard InChI is InChI=1S/C12H14N2O4/c1-7-5-6-8(2)12(14(17)18)11(7)13(9(3)15)10(4)16/h5-6H,1-4H3. The summed E-state index contributed by atoms with van der Waals surface area (Å²) in [5, 5.41) is 11.1. The Morgan fingerprint density at radius 2 is 1.56 bits per heavy atom. The number of anilines is 1.